The molecule has 0 spiro atoms. The quantitative estimate of drug-likeness (QED) is 0.933. The van der Waals surface area contributed by atoms with E-state index in [1.165, 1.54) is 21.7 Å². The fourth-order valence-corrected chi connectivity index (χ4v) is 2.92. The Balaban J connectivity index is 1.78. The molecule has 1 amide bonds. The number of aliphatic hydroxyl groups is 1. The number of nitrogens with zero attached hydrogens (tertiary/aromatic N) is 3. The lowest BCUT2D eigenvalue weighted by Crippen LogP contribution is -2.34. The molecule has 1 aromatic heterocycles. The van der Waals surface area contributed by atoms with Crippen molar-refractivity contribution in [3.8, 4) is 0 Å². The molecule has 2 heterocycles. The Hall–Kier alpha value is -2.35. The van der Waals surface area contributed by atoms with Gasteiger partial charge < -0.3 is 10.0 Å². The normalized spacial score (nSPS) is 21.2. The van der Waals surface area contributed by atoms with Crippen LogP contribution in [0.1, 0.15) is 23.6 Å². The first kappa shape index (κ1) is 16.5. The van der Waals surface area contributed by atoms with E-state index in [1.54, 1.807) is 18.5 Å². The minimum absolute atomic E-state index is 0.0247. The van der Waals surface area contributed by atoms with Crippen molar-refractivity contribution in [3.63, 3.8) is 0 Å². The molecule has 0 saturated carbocycles. The van der Waals surface area contributed by atoms with Gasteiger partial charge in [0.25, 0.3) is 0 Å². The van der Waals surface area contributed by atoms with Crippen LogP contribution in [0, 0.1) is 0 Å². The summed E-state index contributed by atoms with van der Waals surface area (Å²) in [7, 11) is 0. The minimum Gasteiger partial charge on any atom is -0.391 e. The first-order valence-corrected chi connectivity index (χ1v) is 7.46. The summed E-state index contributed by atoms with van der Waals surface area (Å²) in [6.45, 7) is 0.183. The van der Waals surface area contributed by atoms with Gasteiger partial charge in [-0.25, -0.2) is 0 Å². The molecule has 24 heavy (non-hydrogen) atoms. The number of hydrogen-bond donors (Lipinski definition) is 1. The number of amides is 1. The summed E-state index contributed by atoms with van der Waals surface area (Å²) in [5.74, 6) is -0.236. The van der Waals surface area contributed by atoms with Crippen LogP contribution in [0.25, 0.3) is 0 Å². The van der Waals surface area contributed by atoms with E-state index in [4.69, 9.17) is 0 Å². The van der Waals surface area contributed by atoms with Gasteiger partial charge >= 0.3 is 6.18 Å². The lowest BCUT2D eigenvalue weighted by molar-refractivity contribution is -0.137. The van der Waals surface area contributed by atoms with Gasteiger partial charge in [-0.2, -0.15) is 18.3 Å². The Morgan fingerprint density at radius 1 is 1.29 bits per heavy atom. The highest BCUT2D eigenvalue weighted by molar-refractivity contribution is 5.77. The zero-order chi connectivity index (χ0) is 17.3. The van der Waals surface area contributed by atoms with Crippen LogP contribution in [0.5, 0.6) is 0 Å². The highest BCUT2D eigenvalue weighted by Crippen LogP contribution is 2.35. The van der Waals surface area contributed by atoms with Gasteiger partial charge in [-0.1, -0.05) is 12.1 Å². The number of likely N-dealkylation sites (tertiary alicyclic amines) is 1. The molecule has 0 radical (unpaired) electrons. The van der Waals surface area contributed by atoms with Crippen LogP contribution in [0.15, 0.2) is 42.7 Å². The summed E-state index contributed by atoms with van der Waals surface area (Å²) in [5.41, 5.74) is -0.160. The van der Waals surface area contributed by atoms with Crippen molar-refractivity contribution >= 4 is 5.91 Å². The van der Waals surface area contributed by atoms with Crippen LogP contribution in [-0.4, -0.2) is 38.3 Å². The molecule has 2 aromatic rings. The second-order valence-electron chi connectivity index (χ2n) is 5.77. The van der Waals surface area contributed by atoms with E-state index in [2.05, 4.69) is 5.10 Å². The molecule has 3 rings (SSSR count). The van der Waals surface area contributed by atoms with Crippen molar-refractivity contribution in [2.75, 3.05) is 6.54 Å². The first-order valence-electron chi connectivity index (χ1n) is 7.46. The van der Waals surface area contributed by atoms with Crippen molar-refractivity contribution in [1.82, 2.24) is 14.7 Å². The van der Waals surface area contributed by atoms with E-state index in [-0.39, 0.29) is 19.0 Å². The van der Waals surface area contributed by atoms with Gasteiger partial charge in [0.1, 0.15) is 6.54 Å². The molecule has 0 bridgehead atoms. The maximum atomic E-state index is 12.7. The number of benzene rings is 1. The lowest BCUT2D eigenvalue weighted by atomic mass is 10.0. The molecule has 128 valence electrons. The number of rotatable bonds is 3. The molecule has 1 fully saturated rings. The minimum atomic E-state index is -4.40. The Morgan fingerprint density at radius 3 is 2.58 bits per heavy atom. The maximum Gasteiger partial charge on any atom is 0.416 e. The highest BCUT2D eigenvalue weighted by Gasteiger charge is 2.36. The predicted octanol–water partition coefficient (Wildman–Crippen LogP) is 2.24. The number of carbonyl (C=O) groups excluding carboxylic acids is 1. The smallest absolute Gasteiger partial charge is 0.391 e. The number of hydrogen-bond acceptors (Lipinski definition) is 3. The number of aliphatic hydroxyl groups excluding tert-OH is 1. The Bertz CT molecular complexity index is 698. The number of alkyl halides is 3. The molecular weight excluding hydrogens is 323 g/mol. The van der Waals surface area contributed by atoms with Gasteiger partial charge in [0.15, 0.2) is 0 Å². The largest absolute Gasteiger partial charge is 0.416 e. The molecule has 2 unspecified atom stereocenters. The molecular formula is C16H16F3N3O2. The number of aromatic nitrogens is 2. The molecule has 1 saturated heterocycles. The summed E-state index contributed by atoms with van der Waals surface area (Å²) in [4.78, 5) is 13.9. The molecule has 5 nitrogen and oxygen atoms in total. The van der Waals surface area contributed by atoms with Crippen molar-refractivity contribution in [3.05, 3.63) is 53.9 Å². The van der Waals surface area contributed by atoms with Crippen molar-refractivity contribution < 1.29 is 23.1 Å². The summed E-state index contributed by atoms with van der Waals surface area (Å²) >= 11 is 0. The monoisotopic (exact) mass is 339 g/mol. The van der Waals surface area contributed by atoms with Crippen molar-refractivity contribution in [2.24, 2.45) is 0 Å². The van der Waals surface area contributed by atoms with Gasteiger partial charge in [-0.05, 0) is 30.2 Å². The fraction of sp³-hybridized carbons (Fsp3) is 0.375. The van der Waals surface area contributed by atoms with E-state index >= 15 is 0 Å². The summed E-state index contributed by atoms with van der Waals surface area (Å²) in [5, 5.41) is 13.9. The number of β-amino-alcohol motifs (C(OH)–C–C–N with tert-alkyl or cyclic N) is 1. The van der Waals surface area contributed by atoms with Gasteiger partial charge in [0.2, 0.25) is 5.91 Å². The van der Waals surface area contributed by atoms with E-state index in [0.29, 0.717) is 12.0 Å². The average molecular weight is 339 g/mol. The first-order chi connectivity index (χ1) is 11.3. The SMILES string of the molecule is O=C(Cn1cccn1)N1CC(O)CC1c1ccc(C(F)(F)F)cc1. The third kappa shape index (κ3) is 3.43. The maximum absolute atomic E-state index is 12.7. The van der Waals surface area contributed by atoms with Crippen molar-refractivity contribution in [2.45, 2.75) is 31.3 Å². The zero-order valence-electron chi connectivity index (χ0n) is 12.6. The number of halogens is 3. The van der Waals surface area contributed by atoms with Gasteiger partial charge in [0.05, 0.1) is 17.7 Å². The van der Waals surface area contributed by atoms with Crippen LogP contribution in [0.4, 0.5) is 13.2 Å². The highest BCUT2D eigenvalue weighted by atomic mass is 19.4. The third-order valence-corrected chi connectivity index (χ3v) is 4.08. The van der Waals surface area contributed by atoms with Crippen LogP contribution in [-0.2, 0) is 17.5 Å². The average Bonchev–Trinajstić information content (AvgIpc) is 3.16. The van der Waals surface area contributed by atoms with Crippen LogP contribution >= 0.6 is 0 Å². The van der Waals surface area contributed by atoms with Gasteiger partial charge in [-0.3, -0.25) is 9.48 Å². The van der Waals surface area contributed by atoms with E-state index < -0.39 is 23.9 Å². The standard InChI is InChI=1S/C16H16F3N3O2/c17-16(18,19)12-4-2-11(3-5-12)14-8-13(23)9-22(14)15(24)10-21-7-1-6-20-21/h1-7,13-14,23H,8-10H2. The molecule has 1 aliphatic rings. The number of carbonyl (C=O) groups is 1. The molecule has 1 aliphatic heterocycles. The topological polar surface area (TPSA) is 58.4 Å². The summed E-state index contributed by atoms with van der Waals surface area (Å²) in [6, 6.07) is 5.97. The lowest BCUT2D eigenvalue weighted by Gasteiger charge is -2.25. The molecule has 8 heteroatoms. The summed E-state index contributed by atoms with van der Waals surface area (Å²) < 4.78 is 39.5. The molecule has 1 aromatic carbocycles. The predicted molar refractivity (Wildman–Crippen MR) is 78.7 cm³/mol. The molecule has 2 atom stereocenters. The fourth-order valence-electron chi connectivity index (χ4n) is 2.92. The van der Waals surface area contributed by atoms with E-state index in [1.807, 2.05) is 0 Å². The molecule has 0 aliphatic carbocycles. The second-order valence-corrected chi connectivity index (χ2v) is 5.77. The zero-order valence-corrected chi connectivity index (χ0v) is 12.6. The Morgan fingerprint density at radius 2 is 2.00 bits per heavy atom. The van der Waals surface area contributed by atoms with Gasteiger partial charge in [0, 0.05) is 18.9 Å². The van der Waals surface area contributed by atoms with Crippen LogP contribution < -0.4 is 0 Å². The molecule has 1 N–H and O–H groups in total. The third-order valence-electron chi connectivity index (χ3n) is 4.08. The van der Waals surface area contributed by atoms with Crippen LogP contribution in [0.2, 0.25) is 0 Å². The van der Waals surface area contributed by atoms with Gasteiger partial charge in [-0.15, -0.1) is 0 Å². The second kappa shape index (κ2) is 6.27. The summed E-state index contributed by atoms with van der Waals surface area (Å²) in [6.07, 6.45) is -1.59. The van der Waals surface area contributed by atoms with Crippen molar-refractivity contribution in [1.29, 1.82) is 0 Å². The Labute approximate surface area is 136 Å². The van der Waals surface area contributed by atoms with E-state index in [9.17, 15) is 23.1 Å². The van der Waals surface area contributed by atoms with Crippen LogP contribution in [0.3, 0.4) is 0 Å². The Kier molecular flexibility index (Phi) is 4.31. The van der Waals surface area contributed by atoms with E-state index in [0.717, 1.165) is 12.1 Å².